The molecular weight excluding hydrogens is 440 g/mol. The van der Waals surface area contributed by atoms with E-state index in [1.54, 1.807) is 36.9 Å². The van der Waals surface area contributed by atoms with Crippen LogP contribution in [0.2, 0.25) is 0 Å². The molecule has 1 aliphatic rings. The van der Waals surface area contributed by atoms with Gasteiger partial charge in [-0.3, -0.25) is 0 Å². The highest BCUT2D eigenvalue weighted by molar-refractivity contribution is 7.91. The number of amides is 1. The van der Waals surface area contributed by atoms with Crippen molar-refractivity contribution < 1.29 is 26.4 Å². The van der Waals surface area contributed by atoms with Crippen LogP contribution in [0.3, 0.4) is 0 Å². The molecule has 8 nitrogen and oxygen atoms in total. The van der Waals surface area contributed by atoms with Gasteiger partial charge in [-0.25, -0.2) is 26.4 Å². The van der Waals surface area contributed by atoms with Gasteiger partial charge in [-0.1, -0.05) is 24.3 Å². The fourth-order valence-electron chi connectivity index (χ4n) is 3.45. The standard InChI is InChI=1S/C21H26N2O6S2/c1-3-29-21(24)23-13-11-17(12-14-23)22-31(27,28)20-15-19(10-9-16(20)2)30(25,26)18-7-5-4-6-8-18/h4-10,15,17,22H,3,11-14H2,1-2H3. The lowest BCUT2D eigenvalue weighted by Crippen LogP contribution is -2.46. The second-order valence-corrected chi connectivity index (χ2v) is 11.0. The van der Waals surface area contributed by atoms with Crippen LogP contribution < -0.4 is 4.72 Å². The van der Waals surface area contributed by atoms with Gasteiger partial charge in [0.25, 0.3) is 0 Å². The first kappa shape index (κ1) is 23.2. The minimum atomic E-state index is -3.95. The summed E-state index contributed by atoms with van der Waals surface area (Å²) in [5.74, 6) is 0. The molecule has 0 aromatic heterocycles. The van der Waals surface area contributed by atoms with Crippen molar-refractivity contribution in [2.45, 2.75) is 47.4 Å². The van der Waals surface area contributed by atoms with Gasteiger partial charge in [0.2, 0.25) is 19.9 Å². The number of nitrogens with zero attached hydrogens (tertiary/aromatic N) is 1. The number of rotatable bonds is 6. The molecule has 3 rings (SSSR count). The number of nitrogens with one attached hydrogen (secondary N) is 1. The molecule has 1 heterocycles. The van der Waals surface area contributed by atoms with Crippen molar-refractivity contribution in [3.63, 3.8) is 0 Å². The van der Waals surface area contributed by atoms with Crippen molar-refractivity contribution in [2.75, 3.05) is 19.7 Å². The maximum absolute atomic E-state index is 13.0. The minimum absolute atomic E-state index is 0.0719. The Balaban J connectivity index is 1.79. The SMILES string of the molecule is CCOC(=O)N1CCC(NS(=O)(=O)c2cc(S(=O)(=O)c3ccccc3)ccc2C)CC1. The minimum Gasteiger partial charge on any atom is -0.450 e. The number of sulfonamides is 1. The summed E-state index contributed by atoms with van der Waals surface area (Å²) in [6.07, 6.45) is 0.483. The lowest BCUT2D eigenvalue weighted by atomic mass is 10.1. The molecule has 1 amide bonds. The van der Waals surface area contributed by atoms with Crippen molar-refractivity contribution in [1.82, 2.24) is 9.62 Å². The normalized spacial score (nSPS) is 15.6. The van der Waals surface area contributed by atoms with Crippen LogP contribution in [0.25, 0.3) is 0 Å². The van der Waals surface area contributed by atoms with E-state index < -0.39 is 26.0 Å². The highest BCUT2D eigenvalue weighted by Crippen LogP contribution is 2.26. The van der Waals surface area contributed by atoms with Crippen LogP contribution in [-0.4, -0.2) is 53.6 Å². The van der Waals surface area contributed by atoms with Crippen molar-refractivity contribution >= 4 is 26.0 Å². The Morgan fingerprint density at radius 2 is 1.68 bits per heavy atom. The summed E-state index contributed by atoms with van der Waals surface area (Å²) in [4.78, 5) is 13.3. The van der Waals surface area contributed by atoms with Gasteiger partial charge < -0.3 is 9.64 Å². The Morgan fingerprint density at radius 3 is 2.29 bits per heavy atom. The summed E-state index contributed by atoms with van der Waals surface area (Å²) in [6.45, 7) is 4.40. The van der Waals surface area contributed by atoms with Crippen LogP contribution in [0.15, 0.2) is 63.2 Å². The van der Waals surface area contributed by atoms with Crippen molar-refractivity contribution in [3.8, 4) is 0 Å². The van der Waals surface area contributed by atoms with E-state index in [9.17, 15) is 21.6 Å². The van der Waals surface area contributed by atoms with Gasteiger partial charge in [0.05, 0.1) is 21.3 Å². The van der Waals surface area contributed by atoms with Gasteiger partial charge in [-0.15, -0.1) is 0 Å². The van der Waals surface area contributed by atoms with Crippen LogP contribution >= 0.6 is 0 Å². The summed E-state index contributed by atoms with van der Waals surface area (Å²) in [6, 6.07) is 11.6. The lowest BCUT2D eigenvalue weighted by molar-refractivity contribution is 0.0966. The second-order valence-electron chi connectivity index (χ2n) is 7.33. The van der Waals surface area contributed by atoms with E-state index in [2.05, 4.69) is 4.72 Å². The largest absolute Gasteiger partial charge is 0.450 e. The molecule has 0 bridgehead atoms. The number of hydrogen-bond acceptors (Lipinski definition) is 6. The summed E-state index contributed by atoms with van der Waals surface area (Å²) >= 11 is 0. The van der Waals surface area contributed by atoms with E-state index in [-0.39, 0.29) is 27.3 Å². The number of ether oxygens (including phenoxy) is 1. The van der Waals surface area contributed by atoms with Crippen molar-refractivity contribution in [2.24, 2.45) is 0 Å². The molecule has 0 atom stereocenters. The Hall–Kier alpha value is -2.43. The molecule has 1 aliphatic heterocycles. The summed E-state index contributed by atoms with van der Waals surface area (Å²) in [5, 5.41) is 0. The molecule has 0 aliphatic carbocycles. The van der Waals surface area contributed by atoms with Crippen LogP contribution in [0.1, 0.15) is 25.3 Å². The molecule has 10 heteroatoms. The fraction of sp³-hybridized carbons (Fsp3) is 0.381. The molecule has 2 aromatic rings. The molecule has 31 heavy (non-hydrogen) atoms. The number of aryl methyl sites for hydroxylation is 1. The first-order valence-corrected chi connectivity index (χ1v) is 13.0. The zero-order chi connectivity index (χ0) is 22.6. The molecule has 0 radical (unpaired) electrons. The average molecular weight is 467 g/mol. The highest BCUT2D eigenvalue weighted by atomic mass is 32.2. The summed E-state index contributed by atoms with van der Waals surface area (Å²) in [7, 11) is -7.80. The first-order chi connectivity index (χ1) is 14.6. The maximum Gasteiger partial charge on any atom is 0.409 e. The smallest absolute Gasteiger partial charge is 0.409 e. The van der Waals surface area contributed by atoms with Gasteiger partial charge in [0.15, 0.2) is 0 Å². The van der Waals surface area contributed by atoms with E-state index in [1.165, 1.54) is 30.3 Å². The molecule has 1 saturated heterocycles. The van der Waals surface area contributed by atoms with E-state index in [4.69, 9.17) is 4.74 Å². The predicted molar refractivity (Wildman–Crippen MR) is 115 cm³/mol. The third-order valence-electron chi connectivity index (χ3n) is 5.16. The molecule has 1 N–H and O–H groups in total. The summed E-state index contributed by atoms with van der Waals surface area (Å²) < 4.78 is 59.5. The quantitative estimate of drug-likeness (QED) is 0.701. The Kier molecular flexibility index (Phi) is 7.03. The molecule has 0 unspecified atom stereocenters. The van der Waals surface area contributed by atoms with Crippen LogP contribution in [-0.2, 0) is 24.6 Å². The summed E-state index contributed by atoms with van der Waals surface area (Å²) in [5.41, 5.74) is 0.448. The fourth-order valence-corrected chi connectivity index (χ4v) is 6.41. The Labute approximate surface area is 183 Å². The third kappa shape index (κ3) is 5.25. The van der Waals surface area contributed by atoms with Crippen LogP contribution in [0, 0.1) is 6.92 Å². The number of piperidine rings is 1. The number of benzene rings is 2. The van der Waals surface area contributed by atoms with Crippen LogP contribution in [0.4, 0.5) is 4.79 Å². The first-order valence-electron chi connectivity index (χ1n) is 10.00. The average Bonchev–Trinajstić information content (AvgIpc) is 2.75. The zero-order valence-corrected chi connectivity index (χ0v) is 19.1. The van der Waals surface area contributed by atoms with Crippen LogP contribution in [0.5, 0.6) is 0 Å². The van der Waals surface area contributed by atoms with E-state index in [0.717, 1.165) is 0 Å². The highest BCUT2D eigenvalue weighted by Gasteiger charge is 2.29. The lowest BCUT2D eigenvalue weighted by Gasteiger charge is -2.31. The third-order valence-corrected chi connectivity index (χ3v) is 8.59. The van der Waals surface area contributed by atoms with E-state index in [1.807, 2.05) is 0 Å². The number of sulfone groups is 1. The monoisotopic (exact) mass is 466 g/mol. The van der Waals surface area contributed by atoms with Crippen molar-refractivity contribution in [3.05, 3.63) is 54.1 Å². The van der Waals surface area contributed by atoms with Gasteiger partial charge in [-0.2, -0.15) is 0 Å². The predicted octanol–water partition coefficient (Wildman–Crippen LogP) is 2.73. The van der Waals surface area contributed by atoms with E-state index in [0.29, 0.717) is 31.5 Å². The number of carbonyl (C=O) groups is 1. The second kappa shape index (κ2) is 9.37. The number of likely N-dealkylation sites (tertiary alicyclic amines) is 1. The zero-order valence-electron chi connectivity index (χ0n) is 17.4. The van der Waals surface area contributed by atoms with Gasteiger partial charge >= 0.3 is 6.09 Å². The number of carbonyl (C=O) groups excluding carboxylic acids is 1. The topological polar surface area (TPSA) is 110 Å². The molecule has 0 saturated carbocycles. The molecule has 0 spiro atoms. The van der Waals surface area contributed by atoms with Crippen molar-refractivity contribution in [1.29, 1.82) is 0 Å². The van der Waals surface area contributed by atoms with Gasteiger partial charge in [-0.05, 0) is 56.5 Å². The Morgan fingerprint density at radius 1 is 1.03 bits per heavy atom. The van der Waals surface area contributed by atoms with Gasteiger partial charge in [0, 0.05) is 19.1 Å². The number of hydrogen-bond donors (Lipinski definition) is 1. The molecule has 168 valence electrons. The molecular formula is C21H26N2O6S2. The van der Waals surface area contributed by atoms with Gasteiger partial charge in [0.1, 0.15) is 0 Å². The maximum atomic E-state index is 13.0. The molecule has 1 fully saturated rings. The molecule has 2 aromatic carbocycles. The Bertz CT molecular complexity index is 1140. The van der Waals surface area contributed by atoms with E-state index >= 15 is 0 Å².